The molecule has 0 saturated heterocycles. The van der Waals surface area contributed by atoms with Gasteiger partial charge < -0.3 is 4.90 Å². The van der Waals surface area contributed by atoms with E-state index in [0.29, 0.717) is 0 Å². The highest BCUT2D eigenvalue weighted by atomic mass is 19.4. The van der Waals surface area contributed by atoms with E-state index in [4.69, 9.17) is 0 Å². The molecular formula is C13H13F3N4. The summed E-state index contributed by atoms with van der Waals surface area (Å²) in [5.41, 5.74) is -0.0799. The number of rotatable bonds is 3. The average molecular weight is 282 g/mol. The van der Waals surface area contributed by atoms with Crippen molar-refractivity contribution in [3.63, 3.8) is 0 Å². The molecule has 4 nitrogen and oxygen atoms in total. The van der Waals surface area contributed by atoms with Crippen molar-refractivity contribution in [2.45, 2.75) is 19.1 Å². The summed E-state index contributed by atoms with van der Waals surface area (Å²) in [6.45, 7) is 1.85. The third-order valence-electron chi connectivity index (χ3n) is 3.00. The van der Waals surface area contributed by atoms with Crippen LogP contribution in [0.4, 0.5) is 19.1 Å². The summed E-state index contributed by atoms with van der Waals surface area (Å²) >= 11 is 0. The largest absolute Gasteiger partial charge is 0.433 e. The van der Waals surface area contributed by atoms with Gasteiger partial charge >= 0.3 is 6.18 Å². The standard InChI is InChI=1S/C13H13F3N4/c1-9(10-4-3-6-17-8-10)20(2)12-18-7-5-11(19-12)13(14,15)16/h3-9H,1-2H3. The maximum absolute atomic E-state index is 12.6. The number of alkyl halides is 3. The molecule has 0 spiro atoms. The topological polar surface area (TPSA) is 41.9 Å². The molecule has 1 unspecified atom stereocenters. The fourth-order valence-electron chi connectivity index (χ4n) is 1.70. The maximum Gasteiger partial charge on any atom is 0.433 e. The van der Waals surface area contributed by atoms with E-state index in [0.717, 1.165) is 17.8 Å². The SMILES string of the molecule is CC(c1cccnc1)N(C)c1nccc(C(F)(F)F)n1. The highest BCUT2D eigenvalue weighted by Gasteiger charge is 2.33. The Morgan fingerprint density at radius 2 is 1.95 bits per heavy atom. The van der Waals surface area contributed by atoms with Crippen LogP contribution in [-0.4, -0.2) is 22.0 Å². The van der Waals surface area contributed by atoms with Gasteiger partial charge in [0.2, 0.25) is 5.95 Å². The molecule has 1 atom stereocenters. The summed E-state index contributed by atoms with van der Waals surface area (Å²) in [6.07, 6.45) is -0.0700. The predicted octanol–water partition coefficient (Wildman–Crippen LogP) is 3.09. The number of pyridine rings is 1. The third kappa shape index (κ3) is 3.04. The van der Waals surface area contributed by atoms with Gasteiger partial charge in [-0.2, -0.15) is 13.2 Å². The average Bonchev–Trinajstić information content (AvgIpc) is 2.46. The second-order valence-electron chi connectivity index (χ2n) is 4.31. The van der Waals surface area contributed by atoms with Crippen LogP contribution in [0.25, 0.3) is 0 Å². The van der Waals surface area contributed by atoms with E-state index in [1.54, 1.807) is 30.4 Å². The molecule has 0 radical (unpaired) electrons. The molecule has 0 fully saturated rings. The Labute approximate surface area is 114 Å². The lowest BCUT2D eigenvalue weighted by atomic mass is 10.1. The molecule has 0 saturated carbocycles. The van der Waals surface area contributed by atoms with Gasteiger partial charge in [0.25, 0.3) is 0 Å². The Hall–Kier alpha value is -2.18. The van der Waals surface area contributed by atoms with Gasteiger partial charge in [0.15, 0.2) is 0 Å². The molecule has 2 aromatic rings. The highest BCUT2D eigenvalue weighted by molar-refractivity contribution is 5.34. The number of hydrogen-bond acceptors (Lipinski definition) is 4. The first-order chi connectivity index (χ1) is 9.39. The maximum atomic E-state index is 12.6. The van der Waals surface area contributed by atoms with E-state index in [9.17, 15) is 13.2 Å². The van der Waals surface area contributed by atoms with Crippen molar-refractivity contribution in [3.05, 3.63) is 48.0 Å². The van der Waals surface area contributed by atoms with E-state index in [1.807, 2.05) is 13.0 Å². The Bertz CT molecular complexity index is 571. The zero-order valence-electron chi connectivity index (χ0n) is 11.0. The lowest BCUT2D eigenvalue weighted by Gasteiger charge is -2.25. The molecule has 20 heavy (non-hydrogen) atoms. The summed E-state index contributed by atoms with van der Waals surface area (Å²) in [5.74, 6) is 0.0242. The van der Waals surface area contributed by atoms with Crippen molar-refractivity contribution in [2.75, 3.05) is 11.9 Å². The Kier molecular flexibility index (Phi) is 3.87. The first-order valence-electron chi connectivity index (χ1n) is 5.92. The van der Waals surface area contributed by atoms with Gasteiger partial charge in [0.05, 0.1) is 6.04 Å². The van der Waals surface area contributed by atoms with E-state index in [1.165, 1.54) is 0 Å². The second kappa shape index (κ2) is 5.44. The van der Waals surface area contributed by atoms with Crippen molar-refractivity contribution in [3.8, 4) is 0 Å². The van der Waals surface area contributed by atoms with Crippen molar-refractivity contribution >= 4 is 5.95 Å². The van der Waals surface area contributed by atoms with Crippen LogP contribution in [0.5, 0.6) is 0 Å². The lowest BCUT2D eigenvalue weighted by Crippen LogP contribution is -2.25. The van der Waals surface area contributed by atoms with Crippen LogP contribution in [0.2, 0.25) is 0 Å². The van der Waals surface area contributed by atoms with Crippen LogP contribution in [0, 0.1) is 0 Å². The zero-order valence-corrected chi connectivity index (χ0v) is 11.0. The van der Waals surface area contributed by atoms with E-state index < -0.39 is 11.9 Å². The first-order valence-corrected chi connectivity index (χ1v) is 5.92. The Balaban J connectivity index is 2.27. The molecule has 2 heterocycles. The van der Waals surface area contributed by atoms with Gasteiger partial charge in [-0.15, -0.1) is 0 Å². The summed E-state index contributed by atoms with van der Waals surface area (Å²) in [7, 11) is 1.65. The molecule has 0 N–H and O–H groups in total. The van der Waals surface area contributed by atoms with Gasteiger partial charge in [-0.25, -0.2) is 9.97 Å². The molecule has 0 bridgehead atoms. The van der Waals surface area contributed by atoms with Crippen LogP contribution in [-0.2, 0) is 6.18 Å². The molecule has 2 rings (SSSR count). The minimum Gasteiger partial charge on any atom is -0.337 e. The smallest absolute Gasteiger partial charge is 0.337 e. The van der Waals surface area contributed by atoms with Crippen LogP contribution >= 0.6 is 0 Å². The summed E-state index contributed by atoms with van der Waals surface area (Å²) < 4.78 is 37.9. The van der Waals surface area contributed by atoms with Crippen LogP contribution in [0.15, 0.2) is 36.8 Å². The molecular weight excluding hydrogens is 269 g/mol. The van der Waals surface area contributed by atoms with Crippen molar-refractivity contribution in [1.82, 2.24) is 15.0 Å². The van der Waals surface area contributed by atoms with Gasteiger partial charge in [-0.3, -0.25) is 4.98 Å². The van der Waals surface area contributed by atoms with Gasteiger partial charge in [0.1, 0.15) is 5.69 Å². The van der Waals surface area contributed by atoms with Crippen molar-refractivity contribution in [1.29, 1.82) is 0 Å². The number of hydrogen-bond donors (Lipinski definition) is 0. The Morgan fingerprint density at radius 1 is 1.20 bits per heavy atom. The fourth-order valence-corrected chi connectivity index (χ4v) is 1.70. The van der Waals surface area contributed by atoms with E-state index in [2.05, 4.69) is 15.0 Å². The highest BCUT2D eigenvalue weighted by Crippen LogP contribution is 2.29. The predicted molar refractivity (Wildman–Crippen MR) is 68.1 cm³/mol. The number of anilines is 1. The van der Waals surface area contributed by atoms with Crippen molar-refractivity contribution in [2.24, 2.45) is 0 Å². The summed E-state index contributed by atoms with van der Waals surface area (Å²) in [5, 5.41) is 0. The minimum absolute atomic E-state index is 0.0242. The number of halogens is 3. The normalized spacial score (nSPS) is 13.1. The fraction of sp³-hybridized carbons (Fsp3) is 0.308. The summed E-state index contributed by atoms with van der Waals surface area (Å²) in [4.78, 5) is 13.0. The number of aromatic nitrogens is 3. The third-order valence-corrected chi connectivity index (χ3v) is 3.00. The Morgan fingerprint density at radius 3 is 2.55 bits per heavy atom. The van der Waals surface area contributed by atoms with Crippen LogP contribution < -0.4 is 4.90 Å². The molecule has 7 heteroatoms. The van der Waals surface area contributed by atoms with Gasteiger partial charge in [-0.05, 0) is 24.6 Å². The van der Waals surface area contributed by atoms with Crippen molar-refractivity contribution < 1.29 is 13.2 Å². The van der Waals surface area contributed by atoms with E-state index in [-0.39, 0.29) is 12.0 Å². The zero-order chi connectivity index (χ0) is 14.8. The monoisotopic (exact) mass is 282 g/mol. The summed E-state index contributed by atoms with van der Waals surface area (Å²) in [6, 6.07) is 4.28. The van der Waals surface area contributed by atoms with Gasteiger partial charge in [0, 0.05) is 25.6 Å². The molecule has 2 aromatic heterocycles. The second-order valence-corrected chi connectivity index (χ2v) is 4.31. The first kappa shape index (κ1) is 14.2. The van der Waals surface area contributed by atoms with E-state index >= 15 is 0 Å². The molecule has 0 aliphatic carbocycles. The van der Waals surface area contributed by atoms with Crippen LogP contribution in [0.3, 0.4) is 0 Å². The minimum atomic E-state index is -4.48. The molecule has 106 valence electrons. The van der Waals surface area contributed by atoms with Crippen LogP contribution in [0.1, 0.15) is 24.2 Å². The molecule has 0 aromatic carbocycles. The lowest BCUT2D eigenvalue weighted by molar-refractivity contribution is -0.141. The quantitative estimate of drug-likeness (QED) is 0.867. The van der Waals surface area contributed by atoms with Gasteiger partial charge in [-0.1, -0.05) is 6.07 Å². The number of nitrogens with zero attached hydrogens (tertiary/aromatic N) is 4. The molecule has 0 aliphatic heterocycles. The molecule has 0 aliphatic rings. The molecule has 0 amide bonds.